The number of likely N-dealkylation sites (tertiary alicyclic amines) is 1. The van der Waals surface area contributed by atoms with Gasteiger partial charge in [-0.05, 0) is 61.5 Å². The molecular formula is C21H30F3N3O2. The van der Waals surface area contributed by atoms with Crippen LogP contribution in [0.25, 0.3) is 0 Å². The van der Waals surface area contributed by atoms with Crippen molar-refractivity contribution in [2.75, 3.05) is 19.6 Å². The quantitative estimate of drug-likeness (QED) is 0.695. The average Bonchev–Trinajstić information content (AvgIpc) is 2.66. The number of rotatable bonds is 5. The van der Waals surface area contributed by atoms with Gasteiger partial charge in [-0.3, -0.25) is 4.79 Å². The molecule has 0 aromatic heterocycles. The number of benzene rings is 1. The van der Waals surface area contributed by atoms with Crippen molar-refractivity contribution in [3.05, 3.63) is 29.3 Å². The van der Waals surface area contributed by atoms with Gasteiger partial charge in [0.2, 0.25) is 5.91 Å². The van der Waals surface area contributed by atoms with E-state index >= 15 is 0 Å². The summed E-state index contributed by atoms with van der Waals surface area (Å²) in [5.41, 5.74) is 2.03. The molecule has 0 saturated carbocycles. The molecule has 0 unspecified atom stereocenters. The minimum absolute atomic E-state index is 0.0902. The summed E-state index contributed by atoms with van der Waals surface area (Å²) in [7, 11) is 0. The minimum Gasteiger partial charge on any atom is -0.508 e. The lowest BCUT2D eigenvalue weighted by Crippen LogP contribution is -2.55. The van der Waals surface area contributed by atoms with Crippen LogP contribution in [0.4, 0.5) is 13.2 Å². The second-order valence-corrected chi connectivity index (χ2v) is 8.57. The summed E-state index contributed by atoms with van der Waals surface area (Å²) in [5, 5.41) is 15.9. The highest BCUT2D eigenvalue weighted by Crippen LogP contribution is 2.34. The van der Waals surface area contributed by atoms with Crippen LogP contribution in [0.2, 0.25) is 0 Å². The molecule has 2 aliphatic rings. The molecule has 1 fully saturated rings. The van der Waals surface area contributed by atoms with E-state index in [1.807, 2.05) is 24.8 Å². The molecule has 1 saturated heterocycles. The summed E-state index contributed by atoms with van der Waals surface area (Å²) in [6.45, 7) is 5.91. The molecule has 2 heterocycles. The Kier molecular flexibility index (Phi) is 6.73. The van der Waals surface area contributed by atoms with Gasteiger partial charge >= 0.3 is 6.18 Å². The topological polar surface area (TPSA) is 64.6 Å². The van der Waals surface area contributed by atoms with Gasteiger partial charge in [0, 0.05) is 19.1 Å². The first-order valence-corrected chi connectivity index (χ1v) is 10.3. The monoisotopic (exact) mass is 413 g/mol. The number of alkyl halides is 3. The number of nitrogens with zero attached hydrogens (tertiary/aromatic N) is 1. The molecule has 5 nitrogen and oxygen atoms in total. The largest absolute Gasteiger partial charge is 0.508 e. The van der Waals surface area contributed by atoms with Crippen molar-refractivity contribution >= 4 is 5.91 Å². The molecule has 0 aliphatic carbocycles. The van der Waals surface area contributed by atoms with Crippen molar-refractivity contribution < 1.29 is 23.1 Å². The third-order valence-corrected chi connectivity index (χ3v) is 6.11. The third kappa shape index (κ3) is 5.63. The predicted octanol–water partition coefficient (Wildman–Crippen LogP) is 2.82. The summed E-state index contributed by atoms with van der Waals surface area (Å²) in [4.78, 5) is 14.9. The predicted molar refractivity (Wildman–Crippen MR) is 104 cm³/mol. The molecule has 1 aromatic carbocycles. The number of piperidine rings is 1. The Hall–Kier alpha value is -1.80. The highest BCUT2D eigenvalue weighted by Gasteiger charge is 2.41. The second-order valence-electron chi connectivity index (χ2n) is 8.57. The molecule has 1 amide bonds. The lowest BCUT2D eigenvalue weighted by molar-refractivity contribution is -0.185. The smallest absolute Gasteiger partial charge is 0.391 e. The number of phenolic OH excluding ortho intramolecular Hbond substituents is 1. The van der Waals surface area contributed by atoms with E-state index in [0.29, 0.717) is 32.6 Å². The number of phenols is 1. The van der Waals surface area contributed by atoms with Crippen LogP contribution in [0, 0.1) is 11.8 Å². The fourth-order valence-corrected chi connectivity index (χ4v) is 4.11. The van der Waals surface area contributed by atoms with Crippen molar-refractivity contribution in [2.24, 2.45) is 11.8 Å². The Bertz CT molecular complexity index is 716. The van der Waals surface area contributed by atoms with Crippen LogP contribution in [-0.2, 0) is 17.8 Å². The van der Waals surface area contributed by atoms with Crippen LogP contribution >= 0.6 is 0 Å². The average molecular weight is 413 g/mol. The minimum atomic E-state index is -4.11. The van der Waals surface area contributed by atoms with E-state index in [-0.39, 0.29) is 42.5 Å². The second kappa shape index (κ2) is 8.92. The lowest BCUT2D eigenvalue weighted by Gasteiger charge is -2.36. The summed E-state index contributed by atoms with van der Waals surface area (Å²) in [5.74, 6) is -0.917. The van der Waals surface area contributed by atoms with Crippen molar-refractivity contribution in [3.63, 3.8) is 0 Å². The Morgan fingerprint density at radius 1 is 1.28 bits per heavy atom. The molecule has 2 aliphatic heterocycles. The molecule has 3 N–H and O–H groups in total. The normalized spacial score (nSPS) is 22.3. The van der Waals surface area contributed by atoms with Crippen molar-refractivity contribution in [2.45, 2.75) is 57.9 Å². The number of fused-ring (bicyclic) bond motifs is 1. The number of aromatic hydroxyl groups is 1. The molecule has 1 aromatic rings. The van der Waals surface area contributed by atoms with E-state index in [4.69, 9.17) is 0 Å². The van der Waals surface area contributed by atoms with Gasteiger partial charge in [-0.15, -0.1) is 0 Å². The number of amides is 1. The maximum Gasteiger partial charge on any atom is 0.391 e. The number of hydrogen-bond acceptors (Lipinski definition) is 4. The molecule has 3 rings (SSSR count). The van der Waals surface area contributed by atoms with Crippen LogP contribution in [0.3, 0.4) is 0 Å². The van der Waals surface area contributed by atoms with Gasteiger partial charge in [-0.2, -0.15) is 13.2 Å². The Morgan fingerprint density at radius 2 is 1.97 bits per heavy atom. The highest BCUT2D eigenvalue weighted by atomic mass is 19.4. The molecule has 0 radical (unpaired) electrons. The summed E-state index contributed by atoms with van der Waals surface area (Å²) < 4.78 is 38.6. The van der Waals surface area contributed by atoms with E-state index < -0.39 is 12.1 Å². The Labute approximate surface area is 169 Å². The maximum atomic E-state index is 12.9. The van der Waals surface area contributed by atoms with Gasteiger partial charge in [0.1, 0.15) is 5.75 Å². The zero-order valence-electron chi connectivity index (χ0n) is 16.9. The number of nitrogens with one attached hydrogen (secondary N) is 2. The van der Waals surface area contributed by atoms with Crippen LogP contribution in [0.15, 0.2) is 18.2 Å². The van der Waals surface area contributed by atoms with Crippen LogP contribution in [0.1, 0.15) is 37.8 Å². The van der Waals surface area contributed by atoms with Gasteiger partial charge in [0.15, 0.2) is 0 Å². The molecule has 0 spiro atoms. The van der Waals surface area contributed by atoms with Gasteiger partial charge in [-0.25, -0.2) is 0 Å². The first-order valence-electron chi connectivity index (χ1n) is 10.3. The van der Waals surface area contributed by atoms with Gasteiger partial charge in [0.05, 0.1) is 12.0 Å². The highest BCUT2D eigenvalue weighted by molar-refractivity contribution is 5.82. The Morgan fingerprint density at radius 3 is 2.59 bits per heavy atom. The van der Waals surface area contributed by atoms with Crippen molar-refractivity contribution in [3.8, 4) is 5.75 Å². The van der Waals surface area contributed by atoms with Crippen LogP contribution < -0.4 is 10.6 Å². The summed E-state index contributed by atoms with van der Waals surface area (Å²) in [6.07, 6.45) is -3.33. The third-order valence-electron chi connectivity index (χ3n) is 6.11. The fraction of sp³-hybridized carbons (Fsp3) is 0.667. The molecule has 2 atom stereocenters. The van der Waals surface area contributed by atoms with E-state index in [9.17, 15) is 23.1 Å². The number of halogens is 3. The number of carbonyl (C=O) groups is 1. The van der Waals surface area contributed by atoms with E-state index in [2.05, 4.69) is 10.6 Å². The van der Waals surface area contributed by atoms with E-state index in [1.54, 1.807) is 12.1 Å². The summed E-state index contributed by atoms with van der Waals surface area (Å²) in [6, 6.07) is 4.70. The SMILES string of the molecule is CC(C)[C@@H](CN1CCC(C(F)(F)F)CC1)NC(=O)[C@H]1Cc2ccc(O)cc2CN1. The first-order chi connectivity index (χ1) is 13.6. The van der Waals surface area contributed by atoms with Crippen molar-refractivity contribution in [1.82, 2.24) is 15.5 Å². The number of hydrogen-bond donors (Lipinski definition) is 3. The number of carbonyl (C=O) groups excluding carboxylic acids is 1. The summed E-state index contributed by atoms with van der Waals surface area (Å²) >= 11 is 0. The maximum absolute atomic E-state index is 12.9. The van der Waals surface area contributed by atoms with Gasteiger partial charge < -0.3 is 20.6 Å². The zero-order chi connectivity index (χ0) is 21.2. The van der Waals surface area contributed by atoms with E-state index in [1.165, 1.54) is 0 Å². The fourth-order valence-electron chi connectivity index (χ4n) is 4.11. The van der Waals surface area contributed by atoms with Crippen LogP contribution in [0.5, 0.6) is 5.75 Å². The van der Waals surface area contributed by atoms with E-state index in [0.717, 1.165) is 11.1 Å². The zero-order valence-corrected chi connectivity index (χ0v) is 16.9. The first kappa shape index (κ1) is 21.9. The van der Waals surface area contributed by atoms with Gasteiger partial charge in [0.25, 0.3) is 0 Å². The lowest BCUT2D eigenvalue weighted by atomic mass is 9.93. The molecule has 29 heavy (non-hydrogen) atoms. The molecule has 0 bridgehead atoms. The van der Waals surface area contributed by atoms with Gasteiger partial charge in [-0.1, -0.05) is 19.9 Å². The molecular weight excluding hydrogens is 383 g/mol. The molecule has 162 valence electrons. The standard InChI is InChI=1S/C21H30F3N3O2/c1-13(2)19(12-27-7-5-16(6-8-27)21(22,23)24)26-20(29)18-10-14-3-4-17(28)9-15(14)11-25-18/h3-4,9,13,16,18-19,25,28H,5-8,10-12H2,1-2H3,(H,26,29)/t18-,19-/m1/s1. The Balaban J connectivity index is 1.54. The van der Waals surface area contributed by atoms with Crippen LogP contribution in [-0.4, -0.2) is 53.8 Å². The molecule has 8 heteroatoms. The van der Waals surface area contributed by atoms with Crippen molar-refractivity contribution in [1.29, 1.82) is 0 Å².